The van der Waals surface area contributed by atoms with Gasteiger partial charge in [-0.3, -0.25) is 9.69 Å². The largest absolute Gasteiger partial charge is 0.465 e. The molecule has 0 unspecified atom stereocenters. The molecule has 1 aliphatic heterocycles. The van der Waals surface area contributed by atoms with Crippen molar-refractivity contribution in [2.24, 2.45) is 7.05 Å². The molecule has 3 aromatic rings. The van der Waals surface area contributed by atoms with Crippen LogP contribution in [0.3, 0.4) is 0 Å². The van der Waals surface area contributed by atoms with Gasteiger partial charge in [0.25, 0.3) is 5.56 Å². The van der Waals surface area contributed by atoms with Gasteiger partial charge in [-0.25, -0.2) is 4.79 Å². The molecule has 2 N–H and O–H groups in total. The number of pyridine rings is 1. The summed E-state index contributed by atoms with van der Waals surface area (Å²) in [5.74, 6) is 0. The minimum atomic E-state index is -0.930. The van der Waals surface area contributed by atoms with Crippen LogP contribution < -0.4 is 10.5 Å². The van der Waals surface area contributed by atoms with E-state index in [2.05, 4.69) is 4.98 Å². The summed E-state index contributed by atoms with van der Waals surface area (Å²) >= 11 is 0. The number of nitrogens with one attached hydrogen (secondary N) is 1. The lowest BCUT2D eigenvalue weighted by Crippen LogP contribution is -2.34. The third kappa shape index (κ3) is 2.11. The molecule has 122 valence electrons. The zero-order valence-electron chi connectivity index (χ0n) is 13.2. The molecule has 0 aliphatic carbocycles. The lowest BCUT2D eigenvalue weighted by molar-refractivity contribution is 0.201. The SMILES string of the molecule is Cn1cc(-c2ccc3c(c2)N(C(=O)O)CCC3)c2cc[nH]c2c1=O. The number of hydrogen-bond acceptors (Lipinski definition) is 2. The third-order valence-corrected chi connectivity index (χ3v) is 4.64. The normalized spacial score (nSPS) is 14.0. The first-order chi connectivity index (χ1) is 11.6. The van der Waals surface area contributed by atoms with Crippen molar-refractivity contribution in [3.8, 4) is 11.1 Å². The van der Waals surface area contributed by atoms with E-state index >= 15 is 0 Å². The Balaban J connectivity index is 1.94. The highest BCUT2D eigenvalue weighted by atomic mass is 16.4. The number of fused-ring (bicyclic) bond motifs is 2. The molecule has 1 aromatic carbocycles. The number of benzene rings is 1. The zero-order chi connectivity index (χ0) is 16.8. The highest BCUT2D eigenvalue weighted by Crippen LogP contribution is 2.34. The van der Waals surface area contributed by atoms with Crippen molar-refractivity contribution in [1.82, 2.24) is 9.55 Å². The maximum absolute atomic E-state index is 12.2. The van der Waals surface area contributed by atoms with Gasteiger partial charge in [-0.1, -0.05) is 12.1 Å². The molecule has 4 rings (SSSR count). The molecule has 1 aliphatic rings. The highest BCUT2D eigenvalue weighted by Gasteiger charge is 2.23. The molecule has 0 saturated heterocycles. The van der Waals surface area contributed by atoms with E-state index in [9.17, 15) is 14.7 Å². The molecule has 2 aromatic heterocycles. The summed E-state index contributed by atoms with van der Waals surface area (Å²) in [5, 5.41) is 10.3. The Hall–Kier alpha value is -3.02. The van der Waals surface area contributed by atoms with E-state index in [0.29, 0.717) is 12.1 Å². The fourth-order valence-corrected chi connectivity index (χ4v) is 3.44. The Labute approximate surface area is 138 Å². The van der Waals surface area contributed by atoms with Crippen molar-refractivity contribution in [3.05, 3.63) is 52.6 Å². The number of rotatable bonds is 1. The van der Waals surface area contributed by atoms with E-state index in [1.165, 1.54) is 4.90 Å². The Morgan fingerprint density at radius 1 is 1.29 bits per heavy atom. The number of H-pyrrole nitrogens is 1. The van der Waals surface area contributed by atoms with Gasteiger partial charge in [-0.15, -0.1) is 0 Å². The van der Waals surface area contributed by atoms with Crippen LogP contribution in [0.4, 0.5) is 10.5 Å². The van der Waals surface area contributed by atoms with Gasteiger partial charge in [-0.2, -0.15) is 0 Å². The Morgan fingerprint density at radius 2 is 2.12 bits per heavy atom. The lowest BCUT2D eigenvalue weighted by atomic mass is 9.96. The summed E-state index contributed by atoms with van der Waals surface area (Å²) in [6.45, 7) is 0.513. The number of carboxylic acid groups (broad SMARTS) is 1. The topological polar surface area (TPSA) is 78.3 Å². The first kappa shape index (κ1) is 14.6. The predicted octanol–water partition coefficient (Wildman–Crippen LogP) is 2.96. The Bertz CT molecular complexity index is 1020. The monoisotopic (exact) mass is 323 g/mol. The van der Waals surface area contributed by atoms with Gasteiger partial charge in [-0.05, 0) is 36.1 Å². The summed E-state index contributed by atoms with van der Waals surface area (Å²) in [6.07, 6.45) is 4.33. The number of anilines is 1. The van der Waals surface area contributed by atoms with Crippen LogP contribution in [-0.4, -0.2) is 27.3 Å². The van der Waals surface area contributed by atoms with Crippen LogP contribution in [0.15, 0.2) is 41.5 Å². The third-order valence-electron chi connectivity index (χ3n) is 4.64. The minimum Gasteiger partial charge on any atom is -0.465 e. The van der Waals surface area contributed by atoms with Crippen LogP contribution in [0.2, 0.25) is 0 Å². The molecule has 6 nitrogen and oxygen atoms in total. The number of carbonyl (C=O) groups is 1. The van der Waals surface area contributed by atoms with Crippen LogP contribution in [0.25, 0.3) is 22.0 Å². The van der Waals surface area contributed by atoms with Crippen molar-refractivity contribution < 1.29 is 9.90 Å². The molecule has 1 amide bonds. The molecule has 0 spiro atoms. The summed E-state index contributed by atoms with van der Waals surface area (Å²) in [5.41, 5.74) is 4.08. The molecule has 0 fully saturated rings. The smallest absolute Gasteiger partial charge is 0.411 e. The van der Waals surface area contributed by atoms with Gasteiger partial charge in [0.1, 0.15) is 5.52 Å². The van der Waals surface area contributed by atoms with Gasteiger partial charge in [0.2, 0.25) is 0 Å². The molecular weight excluding hydrogens is 306 g/mol. The number of aromatic amines is 1. The number of aryl methyl sites for hydroxylation is 2. The van der Waals surface area contributed by atoms with Gasteiger partial charge in [0.15, 0.2) is 0 Å². The van der Waals surface area contributed by atoms with Crippen LogP contribution in [0.5, 0.6) is 0 Å². The van der Waals surface area contributed by atoms with E-state index in [1.807, 2.05) is 24.3 Å². The van der Waals surface area contributed by atoms with Gasteiger partial charge in [0, 0.05) is 36.9 Å². The van der Waals surface area contributed by atoms with Crippen molar-refractivity contribution in [2.45, 2.75) is 12.8 Å². The van der Waals surface area contributed by atoms with E-state index in [1.54, 1.807) is 24.0 Å². The van der Waals surface area contributed by atoms with Crippen LogP contribution in [-0.2, 0) is 13.5 Å². The molecule has 0 radical (unpaired) electrons. The summed E-state index contributed by atoms with van der Waals surface area (Å²) in [6, 6.07) is 7.77. The number of aromatic nitrogens is 2. The molecule has 0 saturated carbocycles. The second kappa shape index (κ2) is 5.26. The molecular formula is C18H17N3O3. The molecule has 24 heavy (non-hydrogen) atoms. The summed E-state index contributed by atoms with van der Waals surface area (Å²) in [7, 11) is 1.72. The predicted molar refractivity (Wildman–Crippen MR) is 92.7 cm³/mol. The van der Waals surface area contributed by atoms with E-state index < -0.39 is 6.09 Å². The maximum atomic E-state index is 12.2. The van der Waals surface area contributed by atoms with Gasteiger partial charge in [0.05, 0.1) is 5.69 Å². The average Bonchev–Trinajstić information content (AvgIpc) is 3.07. The minimum absolute atomic E-state index is 0.0797. The molecule has 6 heteroatoms. The second-order valence-electron chi connectivity index (χ2n) is 6.11. The van der Waals surface area contributed by atoms with Gasteiger partial charge >= 0.3 is 6.09 Å². The second-order valence-corrected chi connectivity index (χ2v) is 6.11. The quantitative estimate of drug-likeness (QED) is 0.722. The number of hydrogen-bond donors (Lipinski definition) is 2. The molecule has 3 heterocycles. The standard InChI is InChI=1S/C18H17N3O3/c1-20-10-14(13-6-7-19-16(13)17(20)22)12-5-4-11-3-2-8-21(18(23)24)15(11)9-12/h4-7,9-10,19H,2-3,8H2,1H3,(H,23,24). The van der Waals surface area contributed by atoms with Crippen molar-refractivity contribution in [1.29, 1.82) is 0 Å². The van der Waals surface area contributed by atoms with Gasteiger partial charge < -0.3 is 14.7 Å². The van der Waals surface area contributed by atoms with E-state index in [-0.39, 0.29) is 5.56 Å². The maximum Gasteiger partial charge on any atom is 0.411 e. The number of amides is 1. The van der Waals surface area contributed by atoms with Crippen LogP contribution >= 0.6 is 0 Å². The lowest BCUT2D eigenvalue weighted by Gasteiger charge is -2.27. The molecule has 0 atom stereocenters. The highest BCUT2D eigenvalue weighted by molar-refractivity contribution is 5.96. The first-order valence-corrected chi connectivity index (χ1v) is 7.87. The van der Waals surface area contributed by atoms with Crippen LogP contribution in [0, 0.1) is 0 Å². The van der Waals surface area contributed by atoms with Crippen molar-refractivity contribution in [2.75, 3.05) is 11.4 Å². The van der Waals surface area contributed by atoms with Crippen molar-refractivity contribution in [3.63, 3.8) is 0 Å². The van der Waals surface area contributed by atoms with E-state index in [0.717, 1.165) is 40.6 Å². The Kier molecular flexibility index (Phi) is 3.19. The summed E-state index contributed by atoms with van der Waals surface area (Å²) < 4.78 is 1.54. The van der Waals surface area contributed by atoms with Crippen molar-refractivity contribution >= 4 is 22.7 Å². The van der Waals surface area contributed by atoms with E-state index in [4.69, 9.17) is 0 Å². The Morgan fingerprint density at radius 3 is 2.92 bits per heavy atom. The summed E-state index contributed by atoms with van der Waals surface area (Å²) in [4.78, 5) is 28.1. The zero-order valence-corrected chi connectivity index (χ0v) is 13.2. The molecule has 0 bridgehead atoms. The fourth-order valence-electron chi connectivity index (χ4n) is 3.44. The fraction of sp³-hybridized carbons (Fsp3) is 0.222. The number of nitrogens with zero attached hydrogens (tertiary/aromatic N) is 2. The first-order valence-electron chi connectivity index (χ1n) is 7.87. The van der Waals surface area contributed by atoms with Crippen LogP contribution in [0.1, 0.15) is 12.0 Å². The average molecular weight is 323 g/mol.